The quantitative estimate of drug-likeness (QED) is 0.676. The molecule has 84 valence electrons. The molecule has 0 spiro atoms. The molecule has 1 aromatic carbocycles. The van der Waals surface area contributed by atoms with E-state index in [2.05, 4.69) is 30.3 Å². The van der Waals surface area contributed by atoms with E-state index in [-0.39, 0.29) is 0 Å². The van der Waals surface area contributed by atoms with Crippen LogP contribution in [0.2, 0.25) is 0 Å². The number of nitrogens with zero attached hydrogens (tertiary/aromatic N) is 1. The van der Waals surface area contributed by atoms with Gasteiger partial charge in [-0.3, -0.25) is 0 Å². The molecule has 0 atom stereocenters. The molecule has 0 bridgehead atoms. The molecule has 0 saturated heterocycles. The van der Waals surface area contributed by atoms with Gasteiger partial charge in [-0.25, -0.2) is 0 Å². The summed E-state index contributed by atoms with van der Waals surface area (Å²) in [5, 5.41) is 8.62. The normalized spacial score (nSPS) is 17.7. The second-order valence-corrected chi connectivity index (χ2v) is 4.76. The fraction of sp³-hybridized carbons (Fsp3) is 0.533. The Hall–Kier alpha value is -1.29. The third-order valence-electron chi connectivity index (χ3n) is 3.59. The lowest BCUT2D eigenvalue weighted by molar-refractivity contribution is 0.592. The summed E-state index contributed by atoms with van der Waals surface area (Å²) in [6.07, 6.45) is 8.79. The van der Waals surface area contributed by atoms with Crippen LogP contribution in [-0.2, 0) is 6.42 Å². The summed E-state index contributed by atoms with van der Waals surface area (Å²) < 4.78 is 0. The lowest BCUT2D eigenvalue weighted by Crippen LogP contribution is -1.97. The van der Waals surface area contributed by atoms with Crippen molar-refractivity contribution in [3.05, 3.63) is 35.4 Å². The molecule has 1 saturated carbocycles. The molecule has 1 fully saturated rings. The maximum absolute atomic E-state index is 8.62. The van der Waals surface area contributed by atoms with Gasteiger partial charge in [-0.15, -0.1) is 0 Å². The van der Waals surface area contributed by atoms with Crippen molar-refractivity contribution in [3.8, 4) is 6.07 Å². The third-order valence-corrected chi connectivity index (χ3v) is 3.59. The molecular weight excluding hydrogens is 194 g/mol. The predicted octanol–water partition coefficient (Wildman–Crippen LogP) is 4.19. The zero-order valence-electron chi connectivity index (χ0n) is 9.78. The van der Waals surface area contributed by atoms with Crippen molar-refractivity contribution in [1.29, 1.82) is 5.26 Å². The molecule has 0 aliphatic heterocycles. The van der Waals surface area contributed by atoms with Gasteiger partial charge in [-0.05, 0) is 29.9 Å². The van der Waals surface area contributed by atoms with Gasteiger partial charge < -0.3 is 0 Å². The standard InChI is InChI=1S/C15H19N/c16-12-11-13-7-9-15(10-8-13)14-5-3-1-2-4-6-14/h7-10,14H,1-6,11H2. The van der Waals surface area contributed by atoms with E-state index in [1.807, 2.05) is 0 Å². The van der Waals surface area contributed by atoms with Gasteiger partial charge in [0.1, 0.15) is 0 Å². The molecule has 0 N–H and O–H groups in total. The minimum Gasteiger partial charge on any atom is -0.198 e. The Morgan fingerprint density at radius 1 is 1.00 bits per heavy atom. The second kappa shape index (κ2) is 5.70. The molecule has 1 nitrogen and oxygen atoms in total. The van der Waals surface area contributed by atoms with Crippen LogP contribution in [0.3, 0.4) is 0 Å². The summed E-state index contributed by atoms with van der Waals surface area (Å²) in [6, 6.07) is 10.9. The van der Waals surface area contributed by atoms with Gasteiger partial charge >= 0.3 is 0 Å². The fourth-order valence-corrected chi connectivity index (χ4v) is 2.61. The van der Waals surface area contributed by atoms with Crippen molar-refractivity contribution >= 4 is 0 Å². The molecule has 0 heterocycles. The second-order valence-electron chi connectivity index (χ2n) is 4.76. The third kappa shape index (κ3) is 2.85. The molecule has 1 heteroatoms. The van der Waals surface area contributed by atoms with Crippen molar-refractivity contribution in [2.75, 3.05) is 0 Å². The maximum Gasteiger partial charge on any atom is 0.0669 e. The first-order valence-corrected chi connectivity index (χ1v) is 6.36. The van der Waals surface area contributed by atoms with Gasteiger partial charge in [0.15, 0.2) is 0 Å². The first-order valence-electron chi connectivity index (χ1n) is 6.36. The van der Waals surface area contributed by atoms with E-state index >= 15 is 0 Å². The van der Waals surface area contributed by atoms with Crippen molar-refractivity contribution in [3.63, 3.8) is 0 Å². The van der Waals surface area contributed by atoms with Crippen LogP contribution >= 0.6 is 0 Å². The number of hydrogen-bond acceptors (Lipinski definition) is 1. The number of nitriles is 1. The Morgan fingerprint density at radius 3 is 2.19 bits per heavy atom. The molecule has 16 heavy (non-hydrogen) atoms. The summed E-state index contributed by atoms with van der Waals surface area (Å²) in [7, 11) is 0. The van der Waals surface area contributed by atoms with Gasteiger partial charge in [-0.1, -0.05) is 49.9 Å². The van der Waals surface area contributed by atoms with E-state index in [1.54, 1.807) is 0 Å². The summed E-state index contributed by atoms with van der Waals surface area (Å²) in [4.78, 5) is 0. The molecule has 1 aromatic rings. The van der Waals surface area contributed by atoms with Crippen molar-refractivity contribution in [2.24, 2.45) is 0 Å². The van der Waals surface area contributed by atoms with E-state index in [9.17, 15) is 0 Å². The fourth-order valence-electron chi connectivity index (χ4n) is 2.61. The molecule has 1 aliphatic carbocycles. The van der Waals surface area contributed by atoms with Crippen LogP contribution < -0.4 is 0 Å². The Kier molecular flexibility index (Phi) is 3.99. The Morgan fingerprint density at radius 2 is 1.62 bits per heavy atom. The molecule has 1 aliphatic rings. The van der Waals surface area contributed by atoms with E-state index < -0.39 is 0 Å². The minimum atomic E-state index is 0.533. The van der Waals surface area contributed by atoms with Crippen LogP contribution in [0.1, 0.15) is 55.6 Å². The molecule has 0 unspecified atom stereocenters. The van der Waals surface area contributed by atoms with E-state index in [1.165, 1.54) is 44.1 Å². The Bertz CT molecular complexity index is 350. The molecular formula is C15H19N. The summed E-state index contributed by atoms with van der Waals surface area (Å²) in [5.41, 5.74) is 2.61. The Balaban J connectivity index is 2.05. The number of rotatable bonds is 2. The minimum absolute atomic E-state index is 0.533. The van der Waals surface area contributed by atoms with Crippen LogP contribution in [0.4, 0.5) is 0 Å². The Labute approximate surface area is 98.1 Å². The predicted molar refractivity (Wildman–Crippen MR) is 66.2 cm³/mol. The first-order chi connectivity index (χ1) is 7.90. The van der Waals surface area contributed by atoms with Crippen LogP contribution in [0.5, 0.6) is 0 Å². The molecule has 0 radical (unpaired) electrons. The van der Waals surface area contributed by atoms with Gasteiger partial charge in [0.25, 0.3) is 0 Å². The molecule has 0 amide bonds. The van der Waals surface area contributed by atoms with Gasteiger partial charge in [0, 0.05) is 0 Å². The SMILES string of the molecule is N#CCc1ccc(C2CCCCCC2)cc1. The topological polar surface area (TPSA) is 23.8 Å². The van der Waals surface area contributed by atoms with Crippen molar-refractivity contribution in [1.82, 2.24) is 0 Å². The number of benzene rings is 1. The molecule has 0 aromatic heterocycles. The lowest BCUT2D eigenvalue weighted by Gasteiger charge is -2.14. The average Bonchev–Trinajstić information content (AvgIpc) is 2.59. The average molecular weight is 213 g/mol. The molecule has 2 rings (SSSR count). The summed E-state index contributed by atoms with van der Waals surface area (Å²) in [5.74, 6) is 0.763. The monoisotopic (exact) mass is 213 g/mol. The van der Waals surface area contributed by atoms with Crippen LogP contribution in [-0.4, -0.2) is 0 Å². The zero-order valence-corrected chi connectivity index (χ0v) is 9.78. The smallest absolute Gasteiger partial charge is 0.0669 e. The van der Waals surface area contributed by atoms with Gasteiger partial charge in [0.2, 0.25) is 0 Å². The number of hydrogen-bond donors (Lipinski definition) is 0. The highest BCUT2D eigenvalue weighted by atomic mass is 14.2. The van der Waals surface area contributed by atoms with E-state index in [4.69, 9.17) is 5.26 Å². The first kappa shape index (κ1) is 11.2. The maximum atomic E-state index is 8.62. The lowest BCUT2D eigenvalue weighted by atomic mass is 9.91. The summed E-state index contributed by atoms with van der Waals surface area (Å²) >= 11 is 0. The summed E-state index contributed by atoms with van der Waals surface area (Å²) in [6.45, 7) is 0. The van der Waals surface area contributed by atoms with Crippen molar-refractivity contribution in [2.45, 2.75) is 50.9 Å². The highest BCUT2D eigenvalue weighted by Crippen LogP contribution is 2.31. The van der Waals surface area contributed by atoms with E-state index in [0.29, 0.717) is 6.42 Å². The van der Waals surface area contributed by atoms with Crippen molar-refractivity contribution < 1.29 is 0 Å². The highest BCUT2D eigenvalue weighted by molar-refractivity contribution is 5.27. The van der Waals surface area contributed by atoms with Gasteiger partial charge in [-0.2, -0.15) is 5.26 Å². The zero-order chi connectivity index (χ0) is 11.2. The van der Waals surface area contributed by atoms with Crippen LogP contribution in [0.25, 0.3) is 0 Å². The van der Waals surface area contributed by atoms with Crippen LogP contribution in [0, 0.1) is 11.3 Å². The van der Waals surface area contributed by atoms with Crippen LogP contribution in [0.15, 0.2) is 24.3 Å². The largest absolute Gasteiger partial charge is 0.198 e. The van der Waals surface area contributed by atoms with Gasteiger partial charge in [0.05, 0.1) is 12.5 Å². The highest BCUT2D eigenvalue weighted by Gasteiger charge is 2.13. The van der Waals surface area contributed by atoms with E-state index in [0.717, 1.165) is 11.5 Å².